The van der Waals surface area contributed by atoms with Crippen LogP contribution in [0.3, 0.4) is 0 Å². The quantitative estimate of drug-likeness (QED) is 0.0409. The zero-order valence-corrected chi connectivity index (χ0v) is 30.8. The molecule has 0 N–H and O–H groups in total. The lowest BCUT2D eigenvalue weighted by Gasteiger charge is -2.39. The Morgan fingerprint density at radius 2 is 1.42 bits per heavy atom. The van der Waals surface area contributed by atoms with Crippen molar-refractivity contribution in [1.82, 2.24) is 4.90 Å². The van der Waals surface area contributed by atoms with Crippen LogP contribution in [-0.4, -0.2) is 69.1 Å². The molecule has 3 saturated carbocycles. The molecule has 0 spiro atoms. The maximum Gasteiger partial charge on any atom is 0.508 e. The molecule has 8 heteroatoms. The number of fused-ring (bicyclic) bond motifs is 4. The molecule has 0 aromatic rings. The molecule has 4 atom stereocenters. The van der Waals surface area contributed by atoms with Gasteiger partial charge in [0, 0.05) is 18.4 Å². The lowest BCUT2D eigenvalue weighted by molar-refractivity contribution is -0.151. The van der Waals surface area contributed by atoms with Crippen LogP contribution >= 0.6 is 0 Å². The van der Waals surface area contributed by atoms with Crippen molar-refractivity contribution in [3.05, 3.63) is 12.2 Å². The van der Waals surface area contributed by atoms with Gasteiger partial charge in [0.15, 0.2) is 0 Å². The van der Waals surface area contributed by atoms with Crippen LogP contribution in [0.25, 0.3) is 0 Å². The summed E-state index contributed by atoms with van der Waals surface area (Å²) in [6.07, 6.45) is 23.3. The third kappa shape index (κ3) is 16.1. The van der Waals surface area contributed by atoms with Crippen LogP contribution in [0, 0.1) is 23.2 Å². The normalized spacial score (nSPS) is 23.1. The Balaban J connectivity index is 1.35. The van der Waals surface area contributed by atoms with Gasteiger partial charge in [0.25, 0.3) is 0 Å². The van der Waals surface area contributed by atoms with Crippen LogP contribution in [0.15, 0.2) is 12.2 Å². The largest absolute Gasteiger partial charge is 0.508 e. The minimum atomic E-state index is -0.741. The molecule has 0 aromatic carbocycles. The lowest BCUT2D eigenvalue weighted by Crippen LogP contribution is -2.32. The number of hydrogen-bond donors (Lipinski definition) is 0. The predicted molar refractivity (Wildman–Crippen MR) is 191 cm³/mol. The average molecular weight is 676 g/mol. The first kappa shape index (κ1) is 40.3. The zero-order chi connectivity index (χ0) is 34.5. The lowest BCUT2D eigenvalue weighted by atomic mass is 9.66. The summed E-state index contributed by atoms with van der Waals surface area (Å²) in [6.45, 7) is 12.4. The van der Waals surface area contributed by atoms with Crippen LogP contribution in [0.1, 0.15) is 155 Å². The second-order valence-corrected chi connectivity index (χ2v) is 15.4. The standard InChI is InChI=1S/C40H69NO7/c1-4-5-6-7-8-9-10-11-12-13-14-15-19-37(42)46-30-36(32-48-39(44)45-25-18-24-41-22-16-17-23-41)31-47-38(43)29-40-21-20-35(27-34(40)3)26-33(2)28-40/h33,35-36H,3-32H2,1-2H3/t33-,35?,36?,40?/m1/s1. The maximum atomic E-state index is 13.2. The molecule has 2 bridgehead atoms. The average Bonchev–Trinajstić information content (AvgIpc) is 3.49. The van der Waals surface area contributed by atoms with Crippen molar-refractivity contribution in [3.8, 4) is 0 Å². The molecule has 1 heterocycles. The molecule has 48 heavy (non-hydrogen) atoms. The molecule has 3 unspecified atom stereocenters. The number of ether oxygens (including phenoxy) is 4. The van der Waals surface area contributed by atoms with Crippen molar-refractivity contribution in [2.24, 2.45) is 23.2 Å². The summed E-state index contributed by atoms with van der Waals surface area (Å²) in [7, 11) is 0. The van der Waals surface area contributed by atoms with Crippen LogP contribution in [-0.2, 0) is 28.5 Å². The highest BCUT2D eigenvalue weighted by atomic mass is 16.7. The molecule has 4 aliphatic rings. The Hall–Kier alpha value is -2.09. The molecular formula is C40H69NO7. The first-order valence-corrected chi connectivity index (χ1v) is 19.8. The Morgan fingerprint density at radius 3 is 2.06 bits per heavy atom. The van der Waals surface area contributed by atoms with E-state index >= 15 is 0 Å². The van der Waals surface area contributed by atoms with Crippen LogP contribution in [0.4, 0.5) is 4.79 Å². The number of carbonyl (C=O) groups excluding carboxylic acids is 3. The molecule has 0 aromatic heterocycles. The van der Waals surface area contributed by atoms with E-state index in [1.54, 1.807) is 0 Å². The van der Waals surface area contributed by atoms with Gasteiger partial charge in [-0.1, -0.05) is 96.6 Å². The van der Waals surface area contributed by atoms with E-state index in [1.165, 1.54) is 82.6 Å². The van der Waals surface area contributed by atoms with Crippen molar-refractivity contribution in [2.45, 2.75) is 155 Å². The number of unbranched alkanes of at least 4 members (excludes halogenated alkanes) is 11. The second-order valence-electron chi connectivity index (χ2n) is 15.4. The molecule has 276 valence electrons. The Kier molecular flexibility index (Phi) is 19.6. The van der Waals surface area contributed by atoms with Crippen LogP contribution < -0.4 is 0 Å². The maximum absolute atomic E-state index is 13.2. The van der Waals surface area contributed by atoms with Crippen molar-refractivity contribution in [3.63, 3.8) is 0 Å². The van der Waals surface area contributed by atoms with E-state index in [9.17, 15) is 14.4 Å². The van der Waals surface area contributed by atoms with E-state index in [0.29, 0.717) is 31.3 Å². The summed E-state index contributed by atoms with van der Waals surface area (Å²) in [5, 5.41) is 0. The van der Waals surface area contributed by atoms with E-state index in [1.807, 2.05) is 0 Å². The van der Waals surface area contributed by atoms with Crippen molar-refractivity contribution in [2.75, 3.05) is 46.1 Å². The topological polar surface area (TPSA) is 91.4 Å². The van der Waals surface area contributed by atoms with Gasteiger partial charge in [-0.05, 0) is 82.7 Å². The second kappa shape index (κ2) is 23.3. The number of likely N-dealkylation sites (tertiary alicyclic amines) is 1. The summed E-state index contributed by atoms with van der Waals surface area (Å²) >= 11 is 0. The SMILES string of the molecule is C=C1CC2CCC1(CC(=O)OCC(COC(=O)CCCCCCCCCCCCCC)COC(=O)OCCCN1CCCC1)C[C@H](C)C2. The fourth-order valence-electron chi connectivity index (χ4n) is 8.13. The molecule has 0 radical (unpaired) electrons. The van der Waals surface area contributed by atoms with Crippen molar-refractivity contribution in [1.29, 1.82) is 0 Å². The van der Waals surface area contributed by atoms with Gasteiger partial charge in [-0.25, -0.2) is 4.79 Å². The summed E-state index contributed by atoms with van der Waals surface area (Å²) in [5.74, 6) is 0.270. The molecule has 8 nitrogen and oxygen atoms in total. The zero-order valence-electron chi connectivity index (χ0n) is 30.8. The minimum absolute atomic E-state index is 0.0215. The Morgan fingerprint density at radius 1 is 0.812 bits per heavy atom. The molecular weight excluding hydrogens is 606 g/mol. The number of nitrogens with zero attached hydrogens (tertiary/aromatic N) is 1. The van der Waals surface area contributed by atoms with Gasteiger partial charge in [-0.15, -0.1) is 0 Å². The highest BCUT2D eigenvalue weighted by Gasteiger charge is 2.44. The number of allylic oxidation sites excluding steroid dienone is 1. The molecule has 4 fully saturated rings. The summed E-state index contributed by atoms with van der Waals surface area (Å²) in [5.41, 5.74) is 1.01. The van der Waals surface area contributed by atoms with Gasteiger partial charge in [-0.3, -0.25) is 9.59 Å². The molecule has 3 aliphatic carbocycles. The summed E-state index contributed by atoms with van der Waals surface area (Å²) in [4.78, 5) is 40.4. The first-order valence-electron chi connectivity index (χ1n) is 19.8. The fraction of sp³-hybridized carbons (Fsp3) is 0.875. The molecule has 1 saturated heterocycles. The highest BCUT2D eigenvalue weighted by molar-refractivity contribution is 5.71. The van der Waals surface area contributed by atoms with Gasteiger partial charge in [0.05, 0.1) is 18.9 Å². The van der Waals surface area contributed by atoms with E-state index in [-0.39, 0.29) is 37.2 Å². The van der Waals surface area contributed by atoms with Crippen LogP contribution in [0.2, 0.25) is 0 Å². The van der Waals surface area contributed by atoms with Crippen LogP contribution in [0.5, 0.6) is 0 Å². The smallest absolute Gasteiger partial charge is 0.465 e. The monoisotopic (exact) mass is 676 g/mol. The Bertz CT molecular complexity index is 948. The van der Waals surface area contributed by atoms with E-state index in [2.05, 4.69) is 25.3 Å². The third-order valence-electron chi connectivity index (χ3n) is 10.9. The summed E-state index contributed by atoms with van der Waals surface area (Å²) < 4.78 is 22.0. The Labute approximate surface area is 292 Å². The predicted octanol–water partition coefficient (Wildman–Crippen LogP) is 9.58. The van der Waals surface area contributed by atoms with Gasteiger partial charge in [0.1, 0.15) is 19.8 Å². The number of rotatable bonds is 25. The van der Waals surface area contributed by atoms with Crippen molar-refractivity contribution < 1.29 is 33.3 Å². The fourth-order valence-corrected chi connectivity index (χ4v) is 8.13. The van der Waals surface area contributed by atoms with E-state index in [4.69, 9.17) is 18.9 Å². The highest BCUT2D eigenvalue weighted by Crippen LogP contribution is 2.54. The van der Waals surface area contributed by atoms with Gasteiger partial charge in [0.2, 0.25) is 0 Å². The number of hydrogen-bond acceptors (Lipinski definition) is 8. The van der Waals surface area contributed by atoms with Gasteiger partial charge >= 0.3 is 18.1 Å². The van der Waals surface area contributed by atoms with Gasteiger partial charge in [-0.2, -0.15) is 0 Å². The van der Waals surface area contributed by atoms with Gasteiger partial charge < -0.3 is 23.8 Å². The molecule has 4 rings (SSSR count). The third-order valence-corrected chi connectivity index (χ3v) is 10.9. The molecule has 1 aliphatic heterocycles. The van der Waals surface area contributed by atoms with E-state index < -0.39 is 12.1 Å². The minimum Gasteiger partial charge on any atom is -0.465 e. The first-order chi connectivity index (χ1) is 23.3. The van der Waals surface area contributed by atoms with Crippen molar-refractivity contribution >= 4 is 18.1 Å². The number of esters is 2. The number of carbonyl (C=O) groups is 3. The summed E-state index contributed by atoms with van der Waals surface area (Å²) in [6, 6.07) is 0. The molecule has 0 amide bonds. The van der Waals surface area contributed by atoms with E-state index in [0.717, 1.165) is 71.0 Å².